The summed E-state index contributed by atoms with van der Waals surface area (Å²) >= 11 is 0. The van der Waals surface area contributed by atoms with E-state index in [1.54, 1.807) is 0 Å². The number of carbonyl (C=O) groups is 1. The Kier molecular flexibility index (Phi) is 6.40. The molecule has 2 aromatic rings. The van der Waals surface area contributed by atoms with Gasteiger partial charge in [0.05, 0.1) is 5.56 Å². The lowest BCUT2D eigenvalue weighted by molar-refractivity contribution is -0.137. The molecule has 136 valence electrons. The van der Waals surface area contributed by atoms with Crippen LogP contribution in [0.25, 0.3) is 0 Å². The molecule has 1 aromatic carbocycles. The first kappa shape index (κ1) is 18.8. The summed E-state index contributed by atoms with van der Waals surface area (Å²) < 4.78 is 47.2. The van der Waals surface area contributed by atoms with Crippen molar-refractivity contribution in [2.45, 2.75) is 12.6 Å². The van der Waals surface area contributed by atoms with E-state index in [1.807, 2.05) is 0 Å². The fourth-order valence-electron chi connectivity index (χ4n) is 2.09. The van der Waals surface area contributed by atoms with Gasteiger partial charge in [0, 0.05) is 25.1 Å². The van der Waals surface area contributed by atoms with Crippen molar-refractivity contribution >= 4 is 5.91 Å². The molecule has 2 rings (SSSR count). The second-order valence-electron chi connectivity index (χ2n) is 5.38. The van der Waals surface area contributed by atoms with Gasteiger partial charge in [0.15, 0.2) is 6.61 Å². The molecular weight excluding hydrogens is 341 g/mol. The highest BCUT2D eigenvalue weighted by Gasteiger charge is 2.30. The number of aromatic nitrogens is 1. The number of aliphatic hydroxyl groups excluding tert-OH is 1. The van der Waals surface area contributed by atoms with Gasteiger partial charge in [0.25, 0.3) is 11.8 Å². The zero-order chi connectivity index (χ0) is 18.3. The number of amides is 1. The van der Waals surface area contributed by atoms with E-state index < -0.39 is 17.6 Å². The molecule has 6 nitrogen and oxygen atoms in total. The van der Waals surface area contributed by atoms with Crippen molar-refractivity contribution in [1.82, 2.24) is 10.5 Å². The molecule has 0 saturated carbocycles. The first-order chi connectivity index (χ1) is 11.9. The molecular formula is C16H17F3N2O4. The Hall–Kier alpha value is -2.55. The number of carbonyl (C=O) groups excluding carboxylic acids is 1. The van der Waals surface area contributed by atoms with E-state index >= 15 is 0 Å². The van der Waals surface area contributed by atoms with Crippen LogP contribution < -0.4 is 10.1 Å². The molecule has 1 aromatic heterocycles. The second kappa shape index (κ2) is 8.52. The Bertz CT molecular complexity index is 657. The standard InChI is InChI=1S/C16H17F3N2O4/c17-16(18,19)13-3-1-11(2-4-13)7-12(9-22)8-20-14(23)10-24-15-5-6-25-21-15/h1-6,12,22H,7-10H2,(H,20,23). The van der Waals surface area contributed by atoms with E-state index in [9.17, 15) is 23.1 Å². The molecule has 0 aliphatic carbocycles. The van der Waals surface area contributed by atoms with Crippen LogP contribution in [-0.4, -0.2) is 35.9 Å². The van der Waals surface area contributed by atoms with Crippen molar-refractivity contribution in [2.24, 2.45) is 5.92 Å². The smallest absolute Gasteiger partial charge is 0.416 e. The lowest BCUT2D eigenvalue weighted by atomic mass is 9.99. The number of nitrogens with zero attached hydrogens (tertiary/aromatic N) is 1. The topological polar surface area (TPSA) is 84.6 Å². The predicted molar refractivity (Wildman–Crippen MR) is 80.7 cm³/mol. The third kappa shape index (κ3) is 6.11. The highest BCUT2D eigenvalue weighted by Crippen LogP contribution is 2.29. The van der Waals surface area contributed by atoms with Gasteiger partial charge in [-0.15, -0.1) is 0 Å². The van der Waals surface area contributed by atoms with Crippen LogP contribution in [0.3, 0.4) is 0 Å². The molecule has 0 aliphatic heterocycles. The van der Waals surface area contributed by atoms with Crippen molar-refractivity contribution < 1.29 is 32.3 Å². The van der Waals surface area contributed by atoms with Crippen molar-refractivity contribution in [2.75, 3.05) is 19.8 Å². The largest absolute Gasteiger partial charge is 0.465 e. The summed E-state index contributed by atoms with van der Waals surface area (Å²) in [6.45, 7) is -0.311. The lowest BCUT2D eigenvalue weighted by Gasteiger charge is -2.16. The fourth-order valence-corrected chi connectivity index (χ4v) is 2.09. The Balaban J connectivity index is 1.78. The maximum absolute atomic E-state index is 12.5. The zero-order valence-electron chi connectivity index (χ0n) is 13.1. The summed E-state index contributed by atoms with van der Waals surface area (Å²) in [5.41, 5.74) is -0.0877. The molecule has 0 fully saturated rings. The number of hydrogen-bond acceptors (Lipinski definition) is 5. The molecule has 1 heterocycles. The number of halogens is 3. The van der Waals surface area contributed by atoms with Crippen LogP contribution in [0.4, 0.5) is 13.2 Å². The van der Waals surface area contributed by atoms with Gasteiger partial charge in [-0.25, -0.2) is 0 Å². The minimum atomic E-state index is -4.38. The Labute approximate surface area is 141 Å². The van der Waals surface area contributed by atoms with E-state index in [-0.39, 0.29) is 31.6 Å². The average Bonchev–Trinajstić information content (AvgIpc) is 3.10. The SMILES string of the molecule is O=C(COc1ccon1)NCC(CO)Cc1ccc(C(F)(F)F)cc1. The number of nitrogens with one attached hydrogen (secondary N) is 1. The minimum Gasteiger partial charge on any atom is -0.465 e. The van der Waals surface area contributed by atoms with E-state index in [1.165, 1.54) is 24.5 Å². The summed E-state index contributed by atoms with van der Waals surface area (Å²) in [7, 11) is 0. The molecule has 2 N–H and O–H groups in total. The average molecular weight is 358 g/mol. The third-order valence-electron chi connectivity index (χ3n) is 3.42. The van der Waals surface area contributed by atoms with Crippen LogP contribution in [0.5, 0.6) is 5.88 Å². The van der Waals surface area contributed by atoms with Crippen molar-refractivity contribution in [3.63, 3.8) is 0 Å². The van der Waals surface area contributed by atoms with Crippen LogP contribution in [0, 0.1) is 5.92 Å². The van der Waals surface area contributed by atoms with E-state index in [0.717, 1.165) is 12.1 Å². The fraction of sp³-hybridized carbons (Fsp3) is 0.375. The van der Waals surface area contributed by atoms with Gasteiger partial charge in [0.1, 0.15) is 6.26 Å². The summed E-state index contributed by atoms with van der Waals surface area (Å²) in [4.78, 5) is 11.7. The zero-order valence-corrected chi connectivity index (χ0v) is 13.1. The van der Waals surface area contributed by atoms with Crippen LogP contribution in [0.2, 0.25) is 0 Å². The summed E-state index contributed by atoms with van der Waals surface area (Å²) in [5, 5.41) is 15.5. The van der Waals surface area contributed by atoms with Gasteiger partial charge in [-0.1, -0.05) is 12.1 Å². The van der Waals surface area contributed by atoms with Gasteiger partial charge < -0.3 is 19.7 Å². The second-order valence-corrected chi connectivity index (χ2v) is 5.38. The Morgan fingerprint density at radius 2 is 2.00 bits per heavy atom. The number of hydrogen-bond donors (Lipinski definition) is 2. The van der Waals surface area contributed by atoms with Crippen molar-refractivity contribution in [3.05, 3.63) is 47.7 Å². The minimum absolute atomic E-state index is 0.165. The maximum Gasteiger partial charge on any atom is 0.416 e. The van der Waals surface area contributed by atoms with Crippen molar-refractivity contribution in [3.8, 4) is 5.88 Å². The van der Waals surface area contributed by atoms with Crippen LogP contribution in [0.15, 0.2) is 41.1 Å². The molecule has 25 heavy (non-hydrogen) atoms. The Morgan fingerprint density at radius 1 is 1.28 bits per heavy atom. The van der Waals surface area contributed by atoms with E-state index in [0.29, 0.717) is 12.0 Å². The van der Waals surface area contributed by atoms with Gasteiger partial charge in [-0.3, -0.25) is 4.79 Å². The van der Waals surface area contributed by atoms with Gasteiger partial charge >= 0.3 is 6.18 Å². The Morgan fingerprint density at radius 3 is 2.56 bits per heavy atom. The van der Waals surface area contributed by atoms with Gasteiger partial charge in [-0.05, 0) is 29.3 Å². The molecule has 0 bridgehead atoms. The normalized spacial score (nSPS) is 12.6. The van der Waals surface area contributed by atoms with Gasteiger partial charge in [-0.2, -0.15) is 13.2 Å². The monoisotopic (exact) mass is 358 g/mol. The molecule has 0 aliphatic rings. The van der Waals surface area contributed by atoms with Gasteiger partial charge in [0.2, 0.25) is 0 Å². The highest BCUT2D eigenvalue weighted by atomic mass is 19.4. The molecule has 0 saturated heterocycles. The first-order valence-electron chi connectivity index (χ1n) is 7.45. The van der Waals surface area contributed by atoms with Crippen LogP contribution in [-0.2, 0) is 17.4 Å². The van der Waals surface area contributed by atoms with Crippen molar-refractivity contribution in [1.29, 1.82) is 0 Å². The van der Waals surface area contributed by atoms with E-state index in [4.69, 9.17) is 4.74 Å². The molecule has 0 spiro atoms. The quantitative estimate of drug-likeness (QED) is 0.754. The number of benzene rings is 1. The molecule has 0 radical (unpaired) electrons. The van der Waals surface area contributed by atoms with Crippen LogP contribution in [0.1, 0.15) is 11.1 Å². The third-order valence-corrected chi connectivity index (χ3v) is 3.42. The number of rotatable bonds is 8. The molecule has 1 atom stereocenters. The summed E-state index contributed by atoms with van der Waals surface area (Å²) in [6.07, 6.45) is -2.75. The molecule has 1 unspecified atom stereocenters. The van der Waals surface area contributed by atoms with Crippen LogP contribution >= 0.6 is 0 Å². The number of alkyl halides is 3. The summed E-state index contributed by atoms with van der Waals surface area (Å²) in [5.74, 6) is -0.555. The maximum atomic E-state index is 12.5. The summed E-state index contributed by atoms with van der Waals surface area (Å²) in [6, 6.07) is 6.17. The number of aliphatic hydroxyl groups is 1. The molecule has 9 heteroatoms. The van der Waals surface area contributed by atoms with E-state index in [2.05, 4.69) is 15.0 Å². The highest BCUT2D eigenvalue weighted by molar-refractivity contribution is 5.77. The predicted octanol–water partition coefficient (Wildman–Crippen LogP) is 2.04. The lowest BCUT2D eigenvalue weighted by Crippen LogP contribution is -2.35. The first-order valence-corrected chi connectivity index (χ1v) is 7.45. The number of ether oxygens (including phenoxy) is 1. The molecule has 1 amide bonds.